The van der Waals surface area contributed by atoms with E-state index >= 15 is 0 Å². The maximum absolute atomic E-state index is 13.8. The van der Waals surface area contributed by atoms with Gasteiger partial charge in [0, 0.05) is 59.7 Å². The van der Waals surface area contributed by atoms with Crippen LogP contribution in [0.15, 0.2) is 29.3 Å². The van der Waals surface area contributed by atoms with Gasteiger partial charge in [-0.3, -0.25) is 9.89 Å². The largest absolute Gasteiger partial charge is 0.381 e. The number of aliphatic imine (C=N–C) groups is 1. The van der Waals surface area contributed by atoms with Gasteiger partial charge in [-0.15, -0.1) is 24.0 Å². The maximum Gasteiger partial charge on any atom is 0.191 e. The molecule has 2 N–H and O–H groups in total. The highest BCUT2D eigenvalue weighted by Gasteiger charge is 2.23. The minimum absolute atomic E-state index is 0. The van der Waals surface area contributed by atoms with Crippen molar-refractivity contribution in [2.75, 3.05) is 72.9 Å². The van der Waals surface area contributed by atoms with Gasteiger partial charge in [0.25, 0.3) is 0 Å². The Balaban J connectivity index is 0.00000363. The van der Waals surface area contributed by atoms with E-state index in [1.165, 1.54) is 6.07 Å². The Morgan fingerprint density at radius 2 is 1.94 bits per heavy atom. The summed E-state index contributed by atoms with van der Waals surface area (Å²) in [5.41, 5.74) is 0.964. The third-order valence-corrected chi connectivity index (χ3v) is 5.86. The van der Waals surface area contributed by atoms with E-state index in [0.29, 0.717) is 25.7 Å². The number of nitrogens with zero attached hydrogens (tertiary/aromatic N) is 2. The van der Waals surface area contributed by atoms with Gasteiger partial charge in [-0.05, 0) is 42.9 Å². The number of rotatable bonds is 10. The van der Waals surface area contributed by atoms with Crippen molar-refractivity contribution in [3.63, 3.8) is 0 Å². The van der Waals surface area contributed by atoms with E-state index in [9.17, 15) is 4.39 Å². The van der Waals surface area contributed by atoms with Gasteiger partial charge in [0.2, 0.25) is 0 Å². The topological polar surface area (TPSA) is 67.4 Å². The number of morpholine rings is 1. The molecule has 2 saturated heterocycles. The molecule has 3 rings (SSSR count). The first kappa shape index (κ1) is 27.2. The molecule has 1 atom stereocenters. The van der Waals surface area contributed by atoms with Crippen LogP contribution in [0.3, 0.4) is 0 Å². The van der Waals surface area contributed by atoms with E-state index in [1.807, 2.05) is 6.07 Å². The highest BCUT2D eigenvalue weighted by Crippen LogP contribution is 2.22. The molecule has 1 aromatic carbocycles. The van der Waals surface area contributed by atoms with Crippen LogP contribution in [-0.4, -0.2) is 83.7 Å². The van der Waals surface area contributed by atoms with Gasteiger partial charge in [-0.25, -0.2) is 4.39 Å². The molecule has 0 saturated carbocycles. The van der Waals surface area contributed by atoms with Crippen molar-refractivity contribution in [2.45, 2.75) is 25.3 Å². The molecule has 2 heterocycles. The fraction of sp³-hybridized carbons (Fsp3) is 0.696. The Bertz CT molecular complexity index is 670. The van der Waals surface area contributed by atoms with Crippen LogP contribution >= 0.6 is 24.0 Å². The minimum atomic E-state index is -0.209. The van der Waals surface area contributed by atoms with Crippen molar-refractivity contribution in [3.8, 4) is 0 Å². The van der Waals surface area contributed by atoms with Crippen molar-refractivity contribution in [3.05, 3.63) is 35.6 Å². The van der Waals surface area contributed by atoms with E-state index in [-0.39, 0.29) is 35.8 Å². The quantitative estimate of drug-likeness (QED) is 0.197. The number of benzene rings is 1. The lowest BCUT2D eigenvalue weighted by molar-refractivity contribution is 0.0169. The van der Waals surface area contributed by atoms with Gasteiger partial charge >= 0.3 is 0 Å². The summed E-state index contributed by atoms with van der Waals surface area (Å²) in [5, 5.41) is 6.76. The molecule has 1 aromatic rings. The van der Waals surface area contributed by atoms with Crippen molar-refractivity contribution in [2.24, 2.45) is 10.9 Å². The van der Waals surface area contributed by atoms with Crippen LogP contribution in [0.25, 0.3) is 0 Å². The fourth-order valence-corrected chi connectivity index (χ4v) is 4.02. The van der Waals surface area contributed by atoms with Gasteiger partial charge in [-0.1, -0.05) is 12.1 Å². The minimum Gasteiger partial charge on any atom is -0.381 e. The van der Waals surface area contributed by atoms with Crippen molar-refractivity contribution in [1.82, 2.24) is 15.5 Å². The molecule has 0 aromatic heterocycles. The van der Waals surface area contributed by atoms with Crippen LogP contribution in [0.1, 0.15) is 30.9 Å². The van der Waals surface area contributed by atoms with Crippen LogP contribution in [0, 0.1) is 11.7 Å². The van der Waals surface area contributed by atoms with E-state index in [4.69, 9.17) is 14.2 Å². The molecule has 0 spiro atoms. The van der Waals surface area contributed by atoms with Crippen molar-refractivity contribution in [1.29, 1.82) is 0 Å². The first-order valence-electron chi connectivity index (χ1n) is 11.4. The number of guanidine groups is 1. The maximum atomic E-state index is 13.8. The van der Waals surface area contributed by atoms with Crippen LogP contribution < -0.4 is 10.6 Å². The molecule has 2 aliphatic rings. The van der Waals surface area contributed by atoms with Gasteiger partial charge in [0.15, 0.2) is 5.96 Å². The van der Waals surface area contributed by atoms with E-state index < -0.39 is 0 Å². The molecular weight excluding hydrogens is 526 g/mol. The summed E-state index contributed by atoms with van der Waals surface area (Å²) in [6.45, 7) is 7.78. The molecule has 0 amide bonds. The number of hydrogen-bond donors (Lipinski definition) is 2. The summed E-state index contributed by atoms with van der Waals surface area (Å²) in [7, 11) is 1.77. The van der Waals surface area contributed by atoms with E-state index in [0.717, 1.165) is 76.8 Å². The molecule has 0 aliphatic carbocycles. The second-order valence-corrected chi connectivity index (χ2v) is 8.08. The van der Waals surface area contributed by atoms with E-state index in [2.05, 4.69) is 20.5 Å². The number of ether oxygens (including phenoxy) is 3. The summed E-state index contributed by atoms with van der Waals surface area (Å²) in [6, 6.07) is 6.91. The molecule has 32 heavy (non-hydrogen) atoms. The van der Waals surface area contributed by atoms with E-state index in [1.54, 1.807) is 19.2 Å². The lowest BCUT2D eigenvalue weighted by Gasteiger charge is -2.35. The molecule has 182 valence electrons. The summed E-state index contributed by atoms with van der Waals surface area (Å²) in [5.74, 6) is 1.18. The van der Waals surface area contributed by atoms with Crippen molar-refractivity contribution < 1.29 is 18.6 Å². The first-order chi connectivity index (χ1) is 15.3. The second-order valence-electron chi connectivity index (χ2n) is 8.08. The molecular formula is C23H38FIN4O3. The summed E-state index contributed by atoms with van der Waals surface area (Å²) < 4.78 is 30.5. The molecule has 9 heteroatoms. The zero-order valence-corrected chi connectivity index (χ0v) is 21.4. The van der Waals surface area contributed by atoms with Crippen LogP contribution in [0.4, 0.5) is 4.39 Å². The zero-order valence-electron chi connectivity index (χ0n) is 19.1. The lowest BCUT2D eigenvalue weighted by atomic mass is 10.0. The lowest BCUT2D eigenvalue weighted by Crippen LogP contribution is -2.46. The molecule has 2 aliphatic heterocycles. The van der Waals surface area contributed by atoms with Crippen LogP contribution in [-0.2, 0) is 14.2 Å². The normalized spacial score (nSPS) is 19.2. The monoisotopic (exact) mass is 564 g/mol. The fourth-order valence-electron chi connectivity index (χ4n) is 4.02. The van der Waals surface area contributed by atoms with Crippen LogP contribution in [0.2, 0.25) is 0 Å². The van der Waals surface area contributed by atoms with Gasteiger partial charge in [0.1, 0.15) is 5.82 Å². The average Bonchev–Trinajstić information content (AvgIpc) is 2.81. The number of halogens is 2. The van der Waals surface area contributed by atoms with Crippen molar-refractivity contribution >= 4 is 29.9 Å². The Labute approximate surface area is 208 Å². The predicted molar refractivity (Wildman–Crippen MR) is 135 cm³/mol. The molecule has 0 radical (unpaired) electrons. The summed E-state index contributed by atoms with van der Waals surface area (Å²) in [6.07, 6.45) is 3.12. The highest BCUT2D eigenvalue weighted by molar-refractivity contribution is 14.0. The Morgan fingerprint density at radius 1 is 1.19 bits per heavy atom. The number of hydrogen-bond acceptors (Lipinski definition) is 5. The molecule has 7 nitrogen and oxygen atoms in total. The highest BCUT2D eigenvalue weighted by atomic mass is 127. The Morgan fingerprint density at radius 3 is 2.66 bits per heavy atom. The number of nitrogens with one attached hydrogen (secondary N) is 2. The Hall–Kier alpha value is -1.01. The SMILES string of the molecule is CN=C(NCCCOCC1CCOCC1)NCC(c1cccc(F)c1)N1CCOCC1.I. The third-order valence-electron chi connectivity index (χ3n) is 5.86. The average molecular weight is 564 g/mol. The summed E-state index contributed by atoms with van der Waals surface area (Å²) >= 11 is 0. The Kier molecular flexibility index (Phi) is 13.4. The van der Waals surface area contributed by atoms with Gasteiger partial charge in [-0.2, -0.15) is 0 Å². The smallest absolute Gasteiger partial charge is 0.191 e. The second kappa shape index (κ2) is 15.8. The molecule has 1 unspecified atom stereocenters. The molecule has 2 fully saturated rings. The zero-order chi connectivity index (χ0) is 21.7. The van der Waals surface area contributed by atoms with Gasteiger partial charge in [0.05, 0.1) is 19.3 Å². The van der Waals surface area contributed by atoms with Crippen LogP contribution in [0.5, 0.6) is 0 Å². The third kappa shape index (κ3) is 9.46. The predicted octanol–water partition coefficient (Wildman–Crippen LogP) is 2.82. The standard InChI is InChI=1S/C23H37FN4O3.HI/c1-25-23(26-8-3-11-31-18-19-6-12-29-13-7-19)27-17-22(28-9-14-30-15-10-28)20-4-2-5-21(24)16-20;/h2,4-5,16,19,22H,3,6-15,17-18H2,1H3,(H2,25,26,27);1H. The van der Waals surface area contributed by atoms with Gasteiger partial charge < -0.3 is 24.8 Å². The first-order valence-corrected chi connectivity index (χ1v) is 11.4. The summed E-state index contributed by atoms with van der Waals surface area (Å²) in [4.78, 5) is 6.67. The molecule has 0 bridgehead atoms.